The second-order valence-corrected chi connectivity index (χ2v) is 4.14. The van der Waals surface area contributed by atoms with E-state index in [-0.39, 0.29) is 0 Å². The molecule has 0 bridgehead atoms. The van der Waals surface area contributed by atoms with E-state index in [2.05, 4.69) is 32.2 Å². The normalized spacial score (nSPS) is 14.6. The van der Waals surface area contributed by atoms with Gasteiger partial charge in [0.1, 0.15) is 0 Å². The van der Waals surface area contributed by atoms with Crippen LogP contribution < -0.4 is 5.32 Å². The summed E-state index contributed by atoms with van der Waals surface area (Å²) in [6.07, 6.45) is 5.43. The molecule has 0 fully saturated rings. The Kier molecular flexibility index (Phi) is 2.60. The quantitative estimate of drug-likeness (QED) is 0.808. The minimum absolute atomic E-state index is 0.715. The Labute approximate surface area is 99.7 Å². The van der Waals surface area contributed by atoms with Crippen molar-refractivity contribution in [2.75, 3.05) is 6.54 Å². The molecule has 2 N–H and O–H groups in total. The molecule has 0 amide bonds. The van der Waals surface area contributed by atoms with Gasteiger partial charge in [0.25, 0.3) is 0 Å². The van der Waals surface area contributed by atoms with Gasteiger partial charge in [-0.15, -0.1) is 0 Å². The maximum atomic E-state index is 4.62. The van der Waals surface area contributed by atoms with E-state index >= 15 is 0 Å². The van der Waals surface area contributed by atoms with Gasteiger partial charge in [-0.25, -0.2) is 15.0 Å². The fourth-order valence-electron chi connectivity index (χ4n) is 2.20. The summed E-state index contributed by atoms with van der Waals surface area (Å²) in [4.78, 5) is 16.5. The molecule has 0 aromatic carbocycles. The minimum atomic E-state index is 0.715. The number of H-pyrrole nitrogens is 1. The Bertz CT molecular complexity index is 501. The third-order valence-corrected chi connectivity index (χ3v) is 3.06. The van der Waals surface area contributed by atoms with Crippen LogP contribution >= 0.6 is 0 Å². The van der Waals surface area contributed by atoms with Crippen LogP contribution in [0.25, 0.3) is 11.6 Å². The molecule has 2 aromatic rings. The Balaban J connectivity index is 2.12. The predicted molar refractivity (Wildman–Crippen MR) is 64.4 cm³/mol. The summed E-state index contributed by atoms with van der Waals surface area (Å²) in [5.74, 6) is 1.47. The highest BCUT2D eigenvalue weighted by molar-refractivity contribution is 5.45. The zero-order chi connectivity index (χ0) is 11.7. The molecule has 3 rings (SSSR count). The smallest absolute Gasteiger partial charge is 0.196 e. The van der Waals surface area contributed by atoms with Crippen molar-refractivity contribution in [2.45, 2.75) is 26.3 Å². The average Bonchev–Trinajstić information content (AvgIpc) is 2.91. The van der Waals surface area contributed by atoms with Gasteiger partial charge in [-0.3, -0.25) is 0 Å². The van der Waals surface area contributed by atoms with Crippen molar-refractivity contribution in [1.82, 2.24) is 25.3 Å². The van der Waals surface area contributed by atoms with E-state index in [1.54, 1.807) is 12.4 Å². The molecule has 0 unspecified atom stereocenters. The predicted octanol–water partition coefficient (Wildman–Crippen LogP) is 1.07. The van der Waals surface area contributed by atoms with Crippen LogP contribution in [0.2, 0.25) is 0 Å². The van der Waals surface area contributed by atoms with E-state index in [0.29, 0.717) is 5.82 Å². The molecular weight excluding hydrogens is 214 g/mol. The van der Waals surface area contributed by atoms with Gasteiger partial charge in [-0.2, -0.15) is 0 Å². The molecule has 0 saturated carbocycles. The molecule has 1 aliphatic rings. The topological polar surface area (TPSA) is 66.5 Å². The number of rotatable bonds is 2. The van der Waals surface area contributed by atoms with Crippen LogP contribution in [-0.2, 0) is 19.4 Å². The lowest BCUT2D eigenvalue weighted by molar-refractivity contribution is 0.618. The molecular formula is C12H15N5. The number of hydrogen-bond donors (Lipinski definition) is 2. The van der Waals surface area contributed by atoms with E-state index in [1.165, 1.54) is 11.3 Å². The van der Waals surface area contributed by atoms with Gasteiger partial charge in [0, 0.05) is 43.2 Å². The van der Waals surface area contributed by atoms with Gasteiger partial charge in [0.05, 0.1) is 5.69 Å². The van der Waals surface area contributed by atoms with Gasteiger partial charge >= 0.3 is 0 Å². The summed E-state index contributed by atoms with van der Waals surface area (Å²) in [6, 6.07) is 0. The van der Waals surface area contributed by atoms with Crippen LogP contribution in [0, 0.1) is 0 Å². The van der Waals surface area contributed by atoms with Gasteiger partial charge in [-0.05, 0) is 6.42 Å². The fourth-order valence-corrected chi connectivity index (χ4v) is 2.20. The van der Waals surface area contributed by atoms with Crippen LogP contribution in [0.4, 0.5) is 0 Å². The van der Waals surface area contributed by atoms with Gasteiger partial charge in [0.15, 0.2) is 11.6 Å². The largest absolute Gasteiger partial charge is 0.342 e. The van der Waals surface area contributed by atoms with Crippen molar-refractivity contribution in [3.63, 3.8) is 0 Å². The number of imidazole rings is 1. The first-order chi connectivity index (χ1) is 8.38. The van der Waals surface area contributed by atoms with Crippen molar-refractivity contribution < 1.29 is 0 Å². The third-order valence-electron chi connectivity index (χ3n) is 3.06. The molecule has 3 heterocycles. The van der Waals surface area contributed by atoms with Crippen LogP contribution in [0.15, 0.2) is 12.4 Å². The van der Waals surface area contributed by atoms with Gasteiger partial charge in [-0.1, -0.05) is 6.92 Å². The molecule has 0 spiro atoms. The highest BCUT2D eigenvalue weighted by Crippen LogP contribution is 2.19. The zero-order valence-electron chi connectivity index (χ0n) is 9.82. The number of aromatic nitrogens is 4. The van der Waals surface area contributed by atoms with Crippen molar-refractivity contribution >= 4 is 0 Å². The number of aromatic amines is 1. The van der Waals surface area contributed by atoms with E-state index in [1.807, 2.05) is 0 Å². The second kappa shape index (κ2) is 4.25. The van der Waals surface area contributed by atoms with Crippen LogP contribution in [0.1, 0.15) is 23.9 Å². The van der Waals surface area contributed by atoms with Crippen molar-refractivity contribution in [1.29, 1.82) is 0 Å². The third kappa shape index (κ3) is 1.82. The Hall–Kier alpha value is -1.75. The maximum Gasteiger partial charge on any atom is 0.196 e. The highest BCUT2D eigenvalue weighted by Gasteiger charge is 2.17. The molecule has 5 nitrogen and oxygen atoms in total. The van der Waals surface area contributed by atoms with E-state index in [4.69, 9.17) is 0 Å². The first kappa shape index (κ1) is 10.4. The number of fused-ring (bicyclic) bond motifs is 1. The minimum Gasteiger partial charge on any atom is -0.342 e. The van der Waals surface area contributed by atoms with Crippen molar-refractivity contribution in [3.05, 3.63) is 29.3 Å². The van der Waals surface area contributed by atoms with Crippen molar-refractivity contribution in [2.24, 2.45) is 0 Å². The number of hydrogen-bond acceptors (Lipinski definition) is 4. The monoisotopic (exact) mass is 229 g/mol. The lowest BCUT2D eigenvalue weighted by atomic mass is 10.0. The van der Waals surface area contributed by atoms with Crippen LogP contribution in [0.3, 0.4) is 0 Å². The second-order valence-electron chi connectivity index (χ2n) is 4.14. The standard InChI is InChI=1S/C12H15N5/c1-2-9-8-7-13-4-3-10(8)17-12(16-9)11-14-5-6-15-11/h5-6,13H,2-4,7H2,1H3,(H,14,15). The fraction of sp³-hybridized carbons (Fsp3) is 0.417. The molecule has 0 aliphatic carbocycles. The summed E-state index contributed by atoms with van der Waals surface area (Å²) >= 11 is 0. The van der Waals surface area contributed by atoms with E-state index in [9.17, 15) is 0 Å². The number of nitrogens with one attached hydrogen (secondary N) is 2. The molecule has 2 aromatic heterocycles. The molecule has 0 atom stereocenters. The lowest BCUT2D eigenvalue weighted by Crippen LogP contribution is -2.26. The summed E-state index contributed by atoms with van der Waals surface area (Å²) in [5.41, 5.74) is 3.57. The van der Waals surface area contributed by atoms with E-state index in [0.717, 1.165) is 37.4 Å². The van der Waals surface area contributed by atoms with Crippen molar-refractivity contribution in [3.8, 4) is 11.6 Å². The Morgan fingerprint density at radius 1 is 1.35 bits per heavy atom. The molecule has 0 saturated heterocycles. The summed E-state index contributed by atoms with van der Waals surface area (Å²) < 4.78 is 0. The highest BCUT2D eigenvalue weighted by atomic mass is 15.0. The number of aryl methyl sites for hydroxylation is 1. The summed E-state index contributed by atoms with van der Waals surface area (Å²) in [7, 11) is 0. The molecule has 5 heteroatoms. The molecule has 0 radical (unpaired) electrons. The SMILES string of the molecule is CCc1nc(-c2ncc[nH]2)nc2c1CNCC2. The maximum absolute atomic E-state index is 4.62. The molecule has 88 valence electrons. The number of nitrogens with zero attached hydrogens (tertiary/aromatic N) is 3. The Morgan fingerprint density at radius 2 is 2.29 bits per heavy atom. The van der Waals surface area contributed by atoms with Crippen LogP contribution in [-0.4, -0.2) is 26.5 Å². The first-order valence-electron chi connectivity index (χ1n) is 5.97. The zero-order valence-corrected chi connectivity index (χ0v) is 9.82. The molecule has 17 heavy (non-hydrogen) atoms. The summed E-state index contributed by atoms with van der Waals surface area (Å²) in [5, 5.41) is 3.37. The van der Waals surface area contributed by atoms with Crippen LogP contribution in [0.5, 0.6) is 0 Å². The first-order valence-corrected chi connectivity index (χ1v) is 5.97. The summed E-state index contributed by atoms with van der Waals surface area (Å²) in [6.45, 7) is 4.00. The van der Waals surface area contributed by atoms with Gasteiger partial charge in [0.2, 0.25) is 0 Å². The average molecular weight is 229 g/mol. The van der Waals surface area contributed by atoms with E-state index < -0.39 is 0 Å². The lowest BCUT2D eigenvalue weighted by Gasteiger charge is -2.19. The molecule has 1 aliphatic heterocycles. The Morgan fingerprint density at radius 3 is 3.06 bits per heavy atom. The van der Waals surface area contributed by atoms with Gasteiger partial charge < -0.3 is 10.3 Å².